The number of H-pyrrole nitrogens is 2. The molecule has 11 heteroatoms. The largest absolute Gasteiger partial charge is 0.428 e. The first-order valence-corrected chi connectivity index (χ1v) is 13.6. The number of rotatable bonds is 2. The number of nitrogens with zero attached hydrogens (tertiary/aromatic N) is 6. The van der Waals surface area contributed by atoms with Gasteiger partial charge in [-0.1, -0.05) is 84.9 Å². The van der Waals surface area contributed by atoms with Gasteiger partial charge in [0.2, 0.25) is 0 Å². The fraction of sp³-hybridized carbons (Fsp3) is 0. The first kappa shape index (κ1) is 25.9. The Kier molecular flexibility index (Phi) is 5.83. The number of hydrogen-bond donors (Lipinski definition) is 2. The van der Waals surface area contributed by atoms with Crippen LogP contribution in [0.15, 0.2) is 91.0 Å². The molecule has 7 aromatic rings. The second kappa shape index (κ2) is 9.90. The molecule has 2 N–H and O–H groups in total. The molecule has 0 spiro atoms. The third-order valence-corrected chi connectivity index (χ3v) is 7.72. The van der Waals surface area contributed by atoms with Crippen LogP contribution in [0.1, 0.15) is 0 Å². The number of ether oxygens (including phenoxy) is 1. The fourth-order valence-electron chi connectivity index (χ4n) is 5.81. The molecular weight excluding hydrogens is 599 g/mol. The molecule has 8 bridgehead atoms. The zero-order valence-corrected chi connectivity index (χ0v) is 23.6. The number of carbonyl (C=O) groups is 1. The standard InChI is InChI=1S/C33H18N8O2.Co/c42-16-43-24-15-7-14-23-25(24)33-40-31-22-13-6-5-12-21(22)29(38-31)36-27-18-9-2-1-8-17(18)26(34-27)35-28-19-10-3-4-11-20(19)30(37-28)39-32(23)41-33;/h1-16H,(H2,34,35,36,37,38,39,40,41);. The Hall–Kier alpha value is -5.78. The van der Waals surface area contributed by atoms with Gasteiger partial charge in [0.05, 0.1) is 5.39 Å². The van der Waals surface area contributed by atoms with Crippen LogP contribution in [0.5, 0.6) is 5.75 Å². The smallest absolute Gasteiger partial charge is 0.298 e. The Morgan fingerprint density at radius 1 is 0.477 bits per heavy atom. The summed E-state index contributed by atoms with van der Waals surface area (Å²) in [5.41, 5.74) is 5.62. The normalized spacial score (nSPS) is 11.5. The summed E-state index contributed by atoms with van der Waals surface area (Å²) in [6, 6.07) is 29.1. The van der Waals surface area contributed by atoms with Crippen molar-refractivity contribution >= 4 is 50.6 Å². The molecule has 1 radical (unpaired) electrons. The van der Waals surface area contributed by atoms with Crippen LogP contribution in [0.25, 0.3) is 89.7 Å². The predicted molar refractivity (Wildman–Crippen MR) is 163 cm³/mol. The number of benzene rings is 4. The van der Waals surface area contributed by atoms with Crippen molar-refractivity contribution in [2.75, 3.05) is 0 Å². The van der Waals surface area contributed by atoms with E-state index in [4.69, 9.17) is 34.6 Å². The first-order chi connectivity index (χ1) is 21.2. The van der Waals surface area contributed by atoms with Gasteiger partial charge in [-0.3, -0.25) is 4.79 Å². The molecule has 10 nitrogen and oxygen atoms in total. The molecule has 2 aliphatic rings. The number of aromatic nitrogens is 8. The van der Waals surface area contributed by atoms with Crippen LogP contribution in [0, 0.1) is 0 Å². The number of aromatic amines is 2. The molecule has 0 saturated carbocycles. The Morgan fingerprint density at radius 3 is 1.39 bits per heavy atom. The van der Waals surface area contributed by atoms with Gasteiger partial charge >= 0.3 is 0 Å². The molecule has 211 valence electrons. The van der Waals surface area contributed by atoms with Gasteiger partial charge in [-0.15, -0.1) is 0 Å². The van der Waals surface area contributed by atoms with E-state index in [1.54, 1.807) is 12.1 Å². The maximum absolute atomic E-state index is 11.4. The fourth-order valence-corrected chi connectivity index (χ4v) is 5.81. The van der Waals surface area contributed by atoms with Gasteiger partial charge in [-0.25, -0.2) is 29.9 Å². The number of carbonyl (C=O) groups excluding carboxylic acids is 1. The summed E-state index contributed by atoms with van der Waals surface area (Å²) in [6.45, 7) is 0.403. The van der Waals surface area contributed by atoms with E-state index in [2.05, 4.69) is 9.97 Å². The topological polar surface area (TPSA) is 135 Å². The molecule has 5 heterocycles. The molecule has 0 unspecified atom stereocenters. The van der Waals surface area contributed by atoms with Crippen molar-refractivity contribution in [2.24, 2.45) is 0 Å². The Bertz CT molecular complexity index is 2480. The van der Waals surface area contributed by atoms with Crippen molar-refractivity contribution in [3.63, 3.8) is 0 Å². The number of fused-ring (bicyclic) bond motifs is 20. The van der Waals surface area contributed by atoms with Crippen molar-refractivity contribution in [1.29, 1.82) is 0 Å². The Labute approximate surface area is 258 Å². The Morgan fingerprint density at radius 2 is 0.886 bits per heavy atom. The van der Waals surface area contributed by atoms with Gasteiger partial charge in [-0.2, -0.15) is 0 Å². The minimum atomic E-state index is 0. The van der Waals surface area contributed by atoms with Gasteiger partial charge in [0.1, 0.15) is 28.3 Å². The molecule has 0 saturated heterocycles. The molecule has 0 fully saturated rings. The van der Waals surface area contributed by atoms with E-state index in [9.17, 15) is 4.79 Å². The third kappa shape index (κ3) is 3.84. The quantitative estimate of drug-likeness (QED) is 0.213. The molecule has 0 atom stereocenters. The van der Waals surface area contributed by atoms with Gasteiger partial charge in [0.15, 0.2) is 23.3 Å². The number of nitrogens with one attached hydrogen (secondary N) is 2. The molecule has 0 amide bonds. The zero-order valence-electron chi connectivity index (χ0n) is 22.6. The van der Waals surface area contributed by atoms with Crippen LogP contribution in [-0.2, 0) is 21.6 Å². The zero-order chi connectivity index (χ0) is 28.5. The van der Waals surface area contributed by atoms with Crippen LogP contribution >= 0.6 is 0 Å². The average molecular weight is 617 g/mol. The van der Waals surface area contributed by atoms with E-state index < -0.39 is 0 Å². The molecule has 4 aromatic carbocycles. The van der Waals surface area contributed by atoms with Crippen LogP contribution in [-0.4, -0.2) is 46.3 Å². The minimum absolute atomic E-state index is 0. The second-order valence-electron chi connectivity index (χ2n) is 10.1. The minimum Gasteiger partial charge on any atom is -0.428 e. The van der Waals surface area contributed by atoms with Crippen LogP contribution < -0.4 is 4.74 Å². The summed E-state index contributed by atoms with van der Waals surface area (Å²) in [5, 5.41) is 3.14. The van der Waals surface area contributed by atoms with Crippen molar-refractivity contribution in [2.45, 2.75) is 0 Å². The van der Waals surface area contributed by atoms with E-state index in [0.29, 0.717) is 68.9 Å². The van der Waals surface area contributed by atoms with E-state index in [-0.39, 0.29) is 16.8 Å². The van der Waals surface area contributed by atoms with E-state index in [1.807, 2.05) is 78.9 Å². The summed E-state index contributed by atoms with van der Waals surface area (Å²) in [6.07, 6.45) is 0. The molecule has 2 aliphatic heterocycles. The van der Waals surface area contributed by atoms with Gasteiger partial charge in [0, 0.05) is 55.2 Å². The summed E-state index contributed by atoms with van der Waals surface area (Å²) in [5.74, 6) is 2.37. The molecule has 9 rings (SSSR count). The second-order valence-corrected chi connectivity index (χ2v) is 10.1. The van der Waals surface area contributed by atoms with Crippen molar-refractivity contribution in [3.05, 3.63) is 91.0 Å². The van der Waals surface area contributed by atoms with Gasteiger partial charge in [-0.05, 0) is 6.07 Å². The summed E-state index contributed by atoms with van der Waals surface area (Å²) in [7, 11) is 0. The average Bonchev–Trinajstić information content (AvgIpc) is 3.77. The van der Waals surface area contributed by atoms with Gasteiger partial charge in [0.25, 0.3) is 6.47 Å². The van der Waals surface area contributed by atoms with Crippen LogP contribution in [0.4, 0.5) is 0 Å². The summed E-state index contributed by atoms with van der Waals surface area (Å²) >= 11 is 0. The van der Waals surface area contributed by atoms with Gasteiger partial charge < -0.3 is 14.7 Å². The monoisotopic (exact) mass is 617 g/mol. The molecule has 44 heavy (non-hydrogen) atoms. The maximum Gasteiger partial charge on any atom is 0.298 e. The third-order valence-electron chi connectivity index (χ3n) is 7.72. The van der Waals surface area contributed by atoms with Crippen LogP contribution in [0.2, 0.25) is 0 Å². The maximum atomic E-state index is 11.4. The van der Waals surface area contributed by atoms with Crippen molar-refractivity contribution in [1.82, 2.24) is 39.9 Å². The summed E-state index contributed by atoms with van der Waals surface area (Å²) < 4.78 is 5.37. The van der Waals surface area contributed by atoms with E-state index >= 15 is 0 Å². The number of hydrogen-bond acceptors (Lipinski definition) is 8. The molecule has 0 aliphatic carbocycles. The first-order valence-electron chi connectivity index (χ1n) is 13.6. The van der Waals surface area contributed by atoms with E-state index in [1.165, 1.54) is 0 Å². The Balaban J connectivity index is 0.00000289. The molecule has 3 aromatic heterocycles. The van der Waals surface area contributed by atoms with Crippen molar-refractivity contribution in [3.8, 4) is 51.3 Å². The van der Waals surface area contributed by atoms with E-state index in [0.717, 1.165) is 33.0 Å². The summed E-state index contributed by atoms with van der Waals surface area (Å²) in [4.78, 5) is 47.9. The van der Waals surface area contributed by atoms with Crippen LogP contribution in [0.3, 0.4) is 0 Å². The predicted octanol–water partition coefficient (Wildman–Crippen LogP) is 6.40. The molecular formula is C33H18CoN8O2. The SMILES string of the molecule is O=COc1cccc2c3nc4nc(nc5[nH]c(nc6nc(nc([nH]3)c12)-c1ccccc1-6)c1ccccc51)-c1ccccc1-4.[Co]. The van der Waals surface area contributed by atoms with Crippen molar-refractivity contribution < 1.29 is 26.3 Å².